The van der Waals surface area contributed by atoms with Gasteiger partial charge in [0.05, 0.1) is 6.61 Å². The van der Waals surface area contributed by atoms with E-state index in [2.05, 4.69) is 18.6 Å². The Morgan fingerprint density at radius 1 is 1.33 bits per heavy atom. The quantitative estimate of drug-likeness (QED) is 0.616. The van der Waals surface area contributed by atoms with Gasteiger partial charge in [0.25, 0.3) is 0 Å². The summed E-state index contributed by atoms with van der Waals surface area (Å²) in [5, 5.41) is 9.56. The van der Waals surface area contributed by atoms with Gasteiger partial charge in [-0.05, 0) is 19.3 Å². The van der Waals surface area contributed by atoms with Gasteiger partial charge >= 0.3 is 6.22 Å². The molecule has 0 fully saturated rings. The van der Waals surface area contributed by atoms with Crippen LogP contribution >= 0.6 is 0 Å². The summed E-state index contributed by atoms with van der Waals surface area (Å²) in [6.45, 7) is 6.30. The number of rotatable bonds is 10. The first-order valence-corrected chi connectivity index (χ1v) is 6.63. The van der Waals surface area contributed by atoms with Gasteiger partial charge in [0, 0.05) is 6.61 Å². The van der Waals surface area contributed by atoms with E-state index in [0.29, 0.717) is 12.5 Å². The molecule has 0 aromatic rings. The summed E-state index contributed by atoms with van der Waals surface area (Å²) < 4.78 is 21.6. The summed E-state index contributed by atoms with van der Waals surface area (Å²) in [7, 11) is 0. The average molecular weight is 264 g/mol. The summed E-state index contributed by atoms with van der Waals surface area (Å²) in [6.07, 6.45) is 0.703. The standard InChI is InChI=1S/C13H25FO4/c1-4-6-7-11(5-2)8-17-9-12(15)10(3)18-13(14)16/h10-12,15H,4-9H2,1-3H3. The Kier molecular flexibility index (Phi) is 9.87. The normalized spacial score (nSPS) is 16.1. The predicted octanol–water partition coefficient (Wildman–Crippen LogP) is 3.07. The largest absolute Gasteiger partial charge is 0.495 e. The fourth-order valence-corrected chi connectivity index (χ4v) is 1.61. The van der Waals surface area contributed by atoms with Gasteiger partial charge in [0.15, 0.2) is 0 Å². The zero-order valence-electron chi connectivity index (χ0n) is 11.5. The second kappa shape index (κ2) is 10.3. The van der Waals surface area contributed by atoms with Crippen LogP contribution < -0.4 is 0 Å². The van der Waals surface area contributed by atoms with Crippen molar-refractivity contribution in [1.29, 1.82) is 0 Å². The van der Waals surface area contributed by atoms with E-state index in [9.17, 15) is 14.3 Å². The Morgan fingerprint density at radius 3 is 2.50 bits per heavy atom. The molecule has 0 aliphatic carbocycles. The third kappa shape index (κ3) is 8.42. The number of carbonyl (C=O) groups excluding carboxylic acids is 1. The van der Waals surface area contributed by atoms with Gasteiger partial charge in [-0.15, -0.1) is 4.39 Å². The summed E-state index contributed by atoms with van der Waals surface area (Å²) in [6, 6.07) is 0. The first-order chi connectivity index (χ1) is 8.51. The van der Waals surface area contributed by atoms with E-state index in [1.807, 2.05) is 0 Å². The number of unbranched alkanes of at least 4 members (excludes halogenated alkanes) is 1. The van der Waals surface area contributed by atoms with Crippen molar-refractivity contribution in [3.8, 4) is 0 Å². The summed E-state index contributed by atoms with van der Waals surface area (Å²) in [5.41, 5.74) is 0. The highest BCUT2D eigenvalue weighted by Gasteiger charge is 2.19. The van der Waals surface area contributed by atoms with Crippen molar-refractivity contribution in [3.05, 3.63) is 0 Å². The number of carbonyl (C=O) groups is 1. The molecule has 0 radical (unpaired) electrons. The van der Waals surface area contributed by atoms with Crippen molar-refractivity contribution < 1.29 is 23.8 Å². The number of ether oxygens (including phenoxy) is 2. The molecule has 0 heterocycles. The Morgan fingerprint density at radius 2 is 2.00 bits per heavy atom. The fourth-order valence-electron chi connectivity index (χ4n) is 1.61. The average Bonchev–Trinajstić information content (AvgIpc) is 2.32. The van der Waals surface area contributed by atoms with E-state index in [-0.39, 0.29) is 6.61 Å². The number of hydrogen-bond acceptors (Lipinski definition) is 4. The number of aliphatic hydroxyl groups excluding tert-OH is 1. The first kappa shape index (κ1) is 17.3. The van der Waals surface area contributed by atoms with Gasteiger partial charge in [-0.1, -0.05) is 33.1 Å². The third-order valence-electron chi connectivity index (χ3n) is 3.01. The lowest BCUT2D eigenvalue weighted by Crippen LogP contribution is -2.32. The molecule has 0 aromatic heterocycles. The van der Waals surface area contributed by atoms with E-state index in [4.69, 9.17) is 4.74 Å². The SMILES string of the molecule is CCCCC(CC)COCC(O)C(C)OC(=O)F. The molecule has 0 aliphatic heterocycles. The molecule has 0 bridgehead atoms. The summed E-state index contributed by atoms with van der Waals surface area (Å²) in [4.78, 5) is 10.1. The van der Waals surface area contributed by atoms with Crippen molar-refractivity contribution in [2.24, 2.45) is 5.92 Å². The van der Waals surface area contributed by atoms with Crippen LogP contribution in [0.3, 0.4) is 0 Å². The highest BCUT2D eigenvalue weighted by molar-refractivity contribution is 5.58. The molecule has 0 spiro atoms. The molecule has 5 heteroatoms. The topological polar surface area (TPSA) is 55.8 Å². The van der Waals surface area contributed by atoms with Crippen molar-refractivity contribution in [1.82, 2.24) is 0 Å². The Bertz CT molecular complexity index is 223. The Hall–Kier alpha value is -0.680. The maximum atomic E-state index is 11.9. The molecule has 0 aliphatic rings. The number of aliphatic hydroxyl groups is 1. The van der Waals surface area contributed by atoms with Crippen LogP contribution in [0, 0.1) is 5.92 Å². The van der Waals surface area contributed by atoms with E-state index in [1.165, 1.54) is 13.3 Å². The fraction of sp³-hybridized carbons (Fsp3) is 0.923. The van der Waals surface area contributed by atoms with E-state index in [0.717, 1.165) is 19.3 Å². The molecule has 1 N–H and O–H groups in total. The minimum Gasteiger partial charge on any atom is -0.434 e. The lowest BCUT2D eigenvalue weighted by molar-refractivity contribution is -0.0483. The molecule has 108 valence electrons. The minimum atomic E-state index is -1.88. The molecule has 0 aromatic carbocycles. The maximum Gasteiger partial charge on any atom is 0.495 e. The Labute approximate surface area is 108 Å². The Balaban J connectivity index is 3.76. The monoisotopic (exact) mass is 264 g/mol. The lowest BCUT2D eigenvalue weighted by atomic mass is 10.0. The van der Waals surface area contributed by atoms with Crippen LogP contribution in [0.25, 0.3) is 0 Å². The molecule has 3 unspecified atom stereocenters. The van der Waals surface area contributed by atoms with Crippen molar-refractivity contribution in [2.75, 3.05) is 13.2 Å². The van der Waals surface area contributed by atoms with Crippen LogP contribution in [0.2, 0.25) is 0 Å². The smallest absolute Gasteiger partial charge is 0.434 e. The van der Waals surface area contributed by atoms with Gasteiger partial charge in [-0.2, -0.15) is 0 Å². The molecular formula is C13H25FO4. The van der Waals surface area contributed by atoms with Gasteiger partial charge < -0.3 is 14.6 Å². The predicted molar refractivity (Wildman–Crippen MR) is 67.2 cm³/mol. The summed E-state index contributed by atoms with van der Waals surface area (Å²) in [5.74, 6) is 0.483. The molecular weight excluding hydrogens is 239 g/mol. The molecule has 18 heavy (non-hydrogen) atoms. The highest BCUT2D eigenvalue weighted by atomic mass is 19.1. The van der Waals surface area contributed by atoms with Gasteiger partial charge in [-0.25, -0.2) is 4.79 Å². The second-order valence-corrected chi connectivity index (χ2v) is 4.58. The number of halogens is 1. The van der Waals surface area contributed by atoms with Crippen LogP contribution in [-0.2, 0) is 9.47 Å². The molecule has 4 nitrogen and oxygen atoms in total. The zero-order valence-corrected chi connectivity index (χ0v) is 11.5. The first-order valence-electron chi connectivity index (χ1n) is 6.63. The van der Waals surface area contributed by atoms with Crippen LogP contribution in [0.1, 0.15) is 46.5 Å². The van der Waals surface area contributed by atoms with Crippen LogP contribution in [-0.4, -0.2) is 36.8 Å². The second-order valence-electron chi connectivity index (χ2n) is 4.58. The molecule has 0 saturated carbocycles. The molecule has 0 amide bonds. The van der Waals surface area contributed by atoms with Crippen molar-refractivity contribution in [2.45, 2.75) is 58.7 Å². The van der Waals surface area contributed by atoms with Crippen LogP contribution in [0.4, 0.5) is 9.18 Å². The molecule has 0 saturated heterocycles. The van der Waals surface area contributed by atoms with Crippen LogP contribution in [0.15, 0.2) is 0 Å². The van der Waals surface area contributed by atoms with Gasteiger partial charge in [0.2, 0.25) is 0 Å². The third-order valence-corrected chi connectivity index (χ3v) is 3.01. The van der Waals surface area contributed by atoms with Gasteiger partial charge in [-0.3, -0.25) is 0 Å². The number of hydrogen-bond donors (Lipinski definition) is 1. The van der Waals surface area contributed by atoms with Gasteiger partial charge in [0.1, 0.15) is 12.2 Å². The van der Waals surface area contributed by atoms with E-state index >= 15 is 0 Å². The lowest BCUT2D eigenvalue weighted by Gasteiger charge is -2.20. The summed E-state index contributed by atoms with van der Waals surface area (Å²) >= 11 is 0. The zero-order chi connectivity index (χ0) is 14.0. The minimum absolute atomic E-state index is 0.0527. The van der Waals surface area contributed by atoms with E-state index < -0.39 is 18.4 Å². The van der Waals surface area contributed by atoms with E-state index in [1.54, 1.807) is 0 Å². The van der Waals surface area contributed by atoms with Crippen LogP contribution in [0.5, 0.6) is 0 Å². The maximum absolute atomic E-state index is 11.9. The highest BCUT2D eigenvalue weighted by Crippen LogP contribution is 2.13. The van der Waals surface area contributed by atoms with Crippen molar-refractivity contribution in [3.63, 3.8) is 0 Å². The van der Waals surface area contributed by atoms with Crippen molar-refractivity contribution >= 4 is 6.22 Å². The molecule has 3 atom stereocenters. The molecule has 0 rings (SSSR count).